The smallest absolute Gasteiger partial charge is 0.306 e. The van der Waals surface area contributed by atoms with Crippen molar-refractivity contribution >= 4 is 17.9 Å². The van der Waals surface area contributed by atoms with Crippen LogP contribution in [-0.2, 0) is 28.6 Å². The lowest BCUT2D eigenvalue weighted by Gasteiger charge is -2.18. The first-order chi connectivity index (χ1) is 38.0. The van der Waals surface area contributed by atoms with E-state index < -0.39 is 6.10 Å². The van der Waals surface area contributed by atoms with Crippen molar-refractivity contribution in [1.29, 1.82) is 0 Å². The molecule has 6 nitrogen and oxygen atoms in total. The van der Waals surface area contributed by atoms with Crippen molar-refractivity contribution in [2.24, 2.45) is 0 Å². The van der Waals surface area contributed by atoms with Crippen molar-refractivity contribution in [2.75, 3.05) is 13.2 Å². The van der Waals surface area contributed by atoms with Crippen LogP contribution >= 0.6 is 0 Å². The van der Waals surface area contributed by atoms with Crippen LogP contribution in [0, 0.1) is 0 Å². The van der Waals surface area contributed by atoms with Gasteiger partial charge in [0.2, 0.25) is 0 Å². The van der Waals surface area contributed by atoms with Gasteiger partial charge in [-0.1, -0.05) is 284 Å². The van der Waals surface area contributed by atoms with Crippen molar-refractivity contribution in [3.05, 3.63) is 122 Å². The molecular formula is C71H118O6. The van der Waals surface area contributed by atoms with E-state index in [1.54, 1.807) is 0 Å². The Morgan fingerprint density at radius 3 is 0.857 bits per heavy atom. The van der Waals surface area contributed by atoms with E-state index in [0.717, 1.165) is 116 Å². The van der Waals surface area contributed by atoms with Crippen molar-refractivity contribution in [2.45, 2.75) is 297 Å². The van der Waals surface area contributed by atoms with Crippen LogP contribution in [0.4, 0.5) is 0 Å². The van der Waals surface area contributed by atoms with Gasteiger partial charge < -0.3 is 14.2 Å². The molecule has 0 saturated carbocycles. The maximum Gasteiger partial charge on any atom is 0.306 e. The summed E-state index contributed by atoms with van der Waals surface area (Å²) >= 11 is 0. The maximum atomic E-state index is 12.9. The molecule has 0 fully saturated rings. The minimum Gasteiger partial charge on any atom is -0.462 e. The number of hydrogen-bond acceptors (Lipinski definition) is 6. The summed E-state index contributed by atoms with van der Waals surface area (Å²) in [6, 6.07) is 0. The first kappa shape index (κ1) is 72.8. The van der Waals surface area contributed by atoms with Gasteiger partial charge in [-0.2, -0.15) is 0 Å². The predicted molar refractivity (Wildman–Crippen MR) is 334 cm³/mol. The van der Waals surface area contributed by atoms with Crippen LogP contribution in [0.3, 0.4) is 0 Å². The second-order valence-corrected chi connectivity index (χ2v) is 20.9. The van der Waals surface area contributed by atoms with Gasteiger partial charge in [-0.3, -0.25) is 14.4 Å². The molecular weight excluding hydrogens is 949 g/mol. The Kier molecular flexibility index (Phi) is 60.8. The molecule has 0 bridgehead atoms. The summed E-state index contributed by atoms with van der Waals surface area (Å²) < 4.78 is 16.9. The second kappa shape index (κ2) is 64.3. The van der Waals surface area contributed by atoms with Gasteiger partial charge in [0.1, 0.15) is 13.2 Å². The summed E-state index contributed by atoms with van der Waals surface area (Å²) in [5.41, 5.74) is 0. The summed E-state index contributed by atoms with van der Waals surface area (Å²) in [6.07, 6.45) is 89.2. The molecule has 1 unspecified atom stereocenters. The summed E-state index contributed by atoms with van der Waals surface area (Å²) in [7, 11) is 0. The van der Waals surface area contributed by atoms with Gasteiger partial charge in [-0.15, -0.1) is 0 Å². The molecule has 77 heavy (non-hydrogen) atoms. The fourth-order valence-corrected chi connectivity index (χ4v) is 8.67. The highest BCUT2D eigenvalue weighted by atomic mass is 16.6. The lowest BCUT2D eigenvalue weighted by molar-refractivity contribution is -0.167. The third-order valence-corrected chi connectivity index (χ3v) is 13.5. The van der Waals surface area contributed by atoms with Gasteiger partial charge in [-0.05, 0) is 109 Å². The second-order valence-electron chi connectivity index (χ2n) is 20.9. The highest BCUT2D eigenvalue weighted by molar-refractivity contribution is 5.71. The first-order valence-corrected chi connectivity index (χ1v) is 32.0. The molecule has 6 heteroatoms. The number of carbonyl (C=O) groups excluding carboxylic acids is 3. The standard InChI is InChI=1S/C71H118O6/c1-4-7-10-13-16-19-22-25-28-29-30-31-32-33-34-35-36-37-38-39-40-41-44-46-49-52-55-58-61-64-70(73)76-67-68(77-71(74)65-62-59-56-53-50-47-43-27-24-21-18-15-12-9-6-3)66-75-69(72)63-60-57-54-51-48-45-42-26-23-20-17-14-11-8-5-2/h7,10,16,19,25,27-28,30-31,33-34,36-37,39-40,43-44,46,52,55,68H,4-6,8-9,11-15,17-18,20-24,26,29,32,35,38,41-42,45,47-51,53-54,56-67H2,1-3H3/b10-7-,19-16-,28-25-,31-30-,34-33-,37-36-,40-39-,43-27-,46-44-,55-52-. The van der Waals surface area contributed by atoms with E-state index in [1.165, 1.54) is 128 Å². The topological polar surface area (TPSA) is 78.9 Å². The number of ether oxygens (including phenoxy) is 3. The summed E-state index contributed by atoms with van der Waals surface area (Å²) in [5, 5.41) is 0. The minimum atomic E-state index is -0.808. The van der Waals surface area contributed by atoms with Crippen molar-refractivity contribution < 1.29 is 28.6 Å². The summed E-state index contributed by atoms with van der Waals surface area (Å²) in [5.74, 6) is -0.964. The number of allylic oxidation sites excluding steroid dienone is 20. The Balaban J connectivity index is 4.44. The molecule has 438 valence electrons. The number of rotatable bonds is 57. The molecule has 0 heterocycles. The van der Waals surface area contributed by atoms with E-state index in [-0.39, 0.29) is 37.5 Å². The van der Waals surface area contributed by atoms with E-state index in [2.05, 4.69) is 142 Å². The van der Waals surface area contributed by atoms with E-state index in [4.69, 9.17) is 14.2 Å². The summed E-state index contributed by atoms with van der Waals surface area (Å²) in [4.78, 5) is 38.3. The van der Waals surface area contributed by atoms with Crippen molar-refractivity contribution in [1.82, 2.24) is 0 Å². The normalized spacial score (nSPS) is 12.9. The van der Waals surface area contributed by atoms with Crippen LogP contribution in [0.2, 0.25) is 0 Å². The van der Waals surface area contributed by atoms with Crippen molar-refractivity contribution in [3.8, 4) is 0 Å². The van der Waals surface area contributed by atoms with Crippen LogP contribution in [0.1, 0.15) is 290 Å². The average Bonchev–Trinajstić information content (AvgIpc) is 3.43. The van der Waals surface area contributed by atoms with Crippen LogP contribution in [-0.4, -0.2) is 37.2 Å². The molecule has 0 radical (unpaired) electrons. The van der Waals surface area contributed by atoms with Gasteiger partial charge in [0, 0.05) is 19.3 Å². The molecule has 0 aromatic rings. The lowest BCUT2D eigenvalue weighted by atomic mass is 10.0. The molecule has 0 aliphatic rings. The van der Waals surface area contributed by atoms with Gasteiger partial charge in [0.25, 0.3) is 0 Å². The lowest BCUT2D eigenvalue weighted by Crippen LogP contribution is -2.30. The highest BCUT2D eigenvalue weighted by Gasteiger charge is 2.19. The first-order valence-electron chi connectivity index (χ1n) is 32.0. The number of unbranched alkanes of at least 4 members (excludes halogenated alkanes) is 26. The molecule has 0 aromatic carbocycles. The molecule has 0 aliphatic carbocycles. The monoisotopic (exact) mass is 1070 g/mol. The van der Waals surface area contributed by atoms with Gasteiger partial charge in [-0.25, -0.2) is 0 Å². The highest BCUT2D eigenvalue weighted by Crippen LogP contribution is 2.16. The zero-order chi connectivity index (χ0) is 55.7. The maximum absolute atomic E-state index is 12.9. The zero-order valence-electron chi connectivity index (χ0n) is 50.2. The Hall–Kier alpha value is -4.19. The Bertz CT molecular complexity index is 1600. The largest absolute Gasteiger partial charge is 0.462 e. The number of hydrogen-bond donors (Lipinski definition) is 0. The SMILES string of the molecule is CC/C=C\C/C=C\C/C=C\C/C=C\C/C=C\C/C=C\C/C=C\C/C=C\C/C=C\CCCC(=O)OCC(COC(=O)CCCCCCCCCCCCCCCCC)OC(=O)CCCCCCC/C=C\CCCCCCCC. The fraction of sp³-hybridized carbons (Fsp3) is 0.676. The quantitative estimate of drug-likeness (QED) is 0.0261. The fourth-order valence-electron chi connectivity index (χ4n) is 8.67. The third kappa shape index (κ3) is 62.5. The van der Waals surface area contributed by atoms with Crippen LogP contribution < -0.4 is 0 Å². The van der Waals surface area contributed by atoms with Gasteiger partial charge in [0.15, 0.2) is 6.10 Å². The van der Waals surface area contributed by atoms with E-state index in [0.29, 0.717) is 19.3 Å². The molecule has 0 rings (SSSR count). The molecule has 0 N–H and O–H groups in total. The Labute approximate surface area is 475 Å². The molecule has 0 aromatic heterocycles. The Morgan fingerprint density at radius 2 is 0.519 bits per heavy atom. The molecule has 0 spiro atoms. The minimum absolute atomic E-state index is 0.0987. The van der Waals surface area contributed by atoms with E-state index in [1.807, 2.05) is 0 Å². The van der Waals surface area contributed by atoms with E-state index >= 15 is 0 Å². The number of carbonyl (C=O) groups is 3. The Morgan fingerprint density at radius 1 is 0.273 bits per heavy atom. The van der Waals surface area contributed by atoms with Crippen LogP contribution in [0.25, 0.3) is 0 Å². The molecule has 1 atom stereocenters. The van der Waals surface area contributed by atoms with E-state index in [9.17, 15) is 14.4 Å². The average molecular weight is 1070 g/mol. The third-order valence-electron chi connectivity index (χ3n) is 13.5. The molecule has 0 amide bonds. The zero-order valence-corrected chi connectivity index (χ0v) is 50.2. The predicted octanol–water partition coefficient (Wildman–Crippen LogP) is 22.0. The van der Waals surface area contributed by atoms with Gasteiger partial charge in [0.05, 0.1) is 0 Å². The number of esters is 3. The molecule has 0 aliphatic heterocycles. The van der Waals surface area contributed by atoms with Crippen LogP contribution in [0.15, 0.2) is 122 Å². The molecule has 0 saturated heterocycles. The summed E-state index contributed by atoms with van der Waals surface area (Å²) in [6.45, 7) is 6.48. The van der Waals surface area contributed by atoms with Gasteiger partial charge >= 0.3 is 17.9 Å². The van der Waals surface area contributed by atoms with Crippen molar-refractivity contribution in [3.63, 3.8) is 0 Å². The van der Waals surface area contributed by atoms with Crippen LogP contribution in [0.5, 0.6) is 0 Å².